The van der Waals surface area contributed by atoms with Crippen molar-refractivity contribution >= 4 is 15.9 Å². The quantitative estimate of drug-likeness (QED) is 0.937. The Hall–Kier alpha value is -1.20. The number of pyridine rings is 1. The van der Waals surface area contributed by atoms with Gasteiger partial charge in [-0.25, -0.2) is 9.97 Å². The molecule has 2 aromatic heterocycles. The average molecular weight is 282 g/mol. The molecule has 0 aromatic carbocycles. The van der Waals surface area contributed by atoms with Crippen molar-refractivity contribution < 1.29 is 5.11 Å². The average Bonchev–Trinajstić information content (AvgIpc) is 2.76. The number of aryl methyl sites for hydroxylation is 1. The van der Waals surface area contributed by atoms with Crippen LogP contribution >= 0.6 is 15.9 Å². The molecule has 0 unspecified atom stereocenters. The third-order valence-corrected chi connectivity index (χ3v) is 2.78. The predicted molar refractivity (Wildman–Crippen MR) is 64.4 cm³/mol. The lowest BCUT2D eigenvalue weighted by Gasteiger charge is -2.09. The van der Waals surface area contributed by atoms with Gasteiger partial charge in [-0.15, -0.1) is 0 Å². The Morgan fingerprint density at radius 3 is 2.94 bits per heavy atom. The monoisotopic (exact) mass is 281 g/mol. The van der Waals surface area contributed by atoms with E-state index < -0.39 is 0 Å². The molecule has 0 aliphatic heterocycles. The van der Waals surface area contributed by atoms with E-state index in [1.54, 1.807) is 12.4 Å². The van der Waals surface area contributed by atoms with Crippen molar-refractivity contribution in [1.29, 1.82) is 0 Å². The minimum absolute atomic E-state index is 0.0386. The molecule has 0 saturated carbocycles. The van der Waals surface area contributed by atoms with E-state index in [0.717, 1.165) is 28.1 Å². The first-order chi connectivity index (χ1) is 7.76. The Morgan fingerprint density at radius 1 is 1.44 bits per heavy atom. The molecule has 0 radical (unpaired) electrons. The highest BCUT2D eigenvalue weighted by Crippen LogP contribution is 2.18. The molecule has 84 valence electrons. The summed E-state index contributed by atoms with van der Waals surface area (Å²) in [6, 6.07) is 1.86. The lowest BCUT2D eigenvalue weighted by atomic mass is 10.2. The van der Waals surface area contributed by atoms with Crippen LogP contribution in [0.1, 0.15) is 18.3 Å². The Kier molecular flexibility index (Phi) is 3.36. The predicted octanol–water partition coefficient (Wildman–Crippen LogP) is 2.08. The summed E-state index contributed by atoms with van der Waals surface area (Å²) in [5, 5.41) is 9.31. The summed E-state index contributed by atoms with van der Waals surface area (Å²) in [5.41, 5.74) is 0.780. The van der Waals surface area contributed by atoms with Gasteiger partial charge in [0.25, 0.3) is 0 Å². The maximum absolute atomic E-state index is 9.31. The zero-order chi connectivity index (χ0) is 11.5. The standard InChI is InChI=1S/C11H12BrN3O/c1-2-10-13-3-4-15(10)11-8(7-16)5-9(12)6-14-11/h3-6,16H,2,7H2,1H3. The van der Waals surface area contributed by atoms with Gasteiger partial charge in [-0.1, -0.05) is 6.92 Å². The number of hydrogen-bond donors (Lipinski definition) is 1. The molecule has 2 aromatic rings. The van der Waals surface area contributed by atoms with Crippen LogP contribution in [0.25, 0.3) is 5.82 Å². The van der Waals surface area contributed by atoms with E-state index in [4.69, 9.17) is 0 Å². The van der Waals surface area contributed by atoms with Crippen LogP contribution in [0.2, 0.25) is 0 Å². The molecule has 0 amide bonds. The van der Waals surface area contributed by atoms with E-state index in [1.807, 2.05) is 23.8 Å². The number of halogens is 1. The second kappa shape index (κ2) is 4.76. The van der Waals surface area contributed by atoms with Gasteiger partial charge in [-0.2, -0.15) is 0 Å². The zero-order valence-corrected chi connectivity index (χ0v) is 10.5. The summed E-state index contributed by atoms with van der Waals surface area (Å²) >= 11 is 3.34. The lowest BCUT2D eigenvalue weighted by Crippen LogP contribution is -2.05. The molecule has 0 saturated heterocycles. The van der Waals surface area contributed by atoms with E-state index in [2.05, 4.69) is 25.9 Å². The molecular weight excluding hydrogens is 270 g/mol. The molecule has 16 heavy (non-hydrogen) atoms. The molecule has 0 fully saturated rings. The third kappa shape index (κ3) is 2.01. The Bertz CT molecular complexity index is 496. The van der Waals surface area contributed by atoms with Gasteiger partial charge < -0.3 is 5.11 Å². The summed E-state index contributed by atoms with van der Waals surface area (Å²) in [6.45, 7) is 2.00. The maximum atomic E-state index is 9.31. The molecule has 4 nitrogen and oxygen atoms in total. The Morgan fingerprint density at radius 2 is 2.25 bits per heavy atom. The Labute approximate surface area is 102 Å². The fraction of sp³-hybridized carbons (Fsp3) is 0.273. The number of hydrogen-bond acceptors (Lipinski definition) is 3. The normalized spacial score (nSPS) is 10.7. The first-order valence-electron chi connectivity index (χ1n) is 5.04. The number of aliphatic hydroxyl groups excluding tert-OH is 1. The maximum Gasteiger partial charge on any atom is 0.143 e. The number of rotatable bonds is 3. The number of imidazole rings is 1. The largest absolute Gasteiger partial charge is 0.392 e. The second-order valence-electron chi connectivity index (χ2n) is 3.36. The summed E-state index contributed by atoms with van der Waals surface area (Å²) in [6.07, 6.45) is 6.14. The molecule has 0 atom stereocenters. The van der Waals surface area contributed by atoms with Crippen LogP contribution in [0.4, 0.5) is 0 Å². The van der Waals surface area contributed by atoms with E-state index in [9.17, 15) is 5.11 Å². The SMILES string of the molecule is CCc1nccn1-c1ncc(Br)cc1CO. The van der Waals surface area contributed by atoms with Crippen molar-refractivity contribution in [1.82, 2.24) is 14.5 Å². The van der Waals surface area contributed by atoms with Crippen molar-refractivity contribution in [3.05, 3.63) is 40.5 Å². The van der Waals surface area contributed by atoms with E-state index in [0.29, 0.717) is 0 Å². The van der Waals surface area contributed by atoms with Crippen LogP contribution in [0.3, 0.4) is 0 Å². The molecule has 2 rings (SSSR count). The van der Waals surface area contributed by atoms with Crippen LogP contribution in [-0.4, -0.2) is 19.6 Å². The van der Waals surface area contributed by atoms with Gasteiger partial charge in [0.1, 0.15) is 11.6 Å². The van der Waals surface area contributed by atoms with Gasteiger partial charge in [0.05, 0.1) is 6.61 Å². The summed E-state index contributed by atoms with van der Waals surface area (Å²) in [4.78, 5) is 8.55. The van der Waals surface area contributed by atoms with Crippen molar-refractivity contribution in [2.24, 2.45) is 0 Å². The summed E-state index contributed by atoms with van der Waals surface area (Å²) in [5.74, 6) is 1.67. The first kappa shape index (κ1) is 11.3. The molecule has 5 heteroatoms. The van der Waals surface area contributed by atoms with E-state index >= 15 is 0 Å². The zero-order valence-electron chi connectivity index (χ0n) is 8.89. The first-order valence-corrected chi connectivity index (χ1v) is 5.83. The minimum atomic E-state index is -0.0386. The highest BCUT2D eigenvalue weighted by molar-refractivity contribution is 9.10. The fourth-order valence-corrected chi connectivity index (χ4v) is 1.97. The summed E-state index contributed by atoms with van der Waals surface area (Å²) < 4.78 is 2.76. The second-order valence-corrected chi connectivity index (χ2v) is 4.28. The lowest BCUT2D eigenvalue weighted by molar-refractivity contribution is 0.281. The van der Waals surface area contributed by atoms with Gasteiger partial charge in [0, 0.05) is 35.0 Å². The molecule has 0 spiro atoms. The number of nitrogens with zero attached hydrogens (tertiary/aromatic N) is 3. The molecule has 1 N–H and O–H groups in total. The topological polar surface area (TPSA) is 50.9 Å². The smallest absolute Gasteiger partial charge is 0.143 e. The van der Waals surface area contributed by atoms with Gasteiger partial charge >= 0.3 is 0 Å². The molecule has 0 aliphatic carbocycles. The van der Waals surface area contributed by atoms with Crippen molar-refractivity contribution in [3.63, 3.8) is 0 Å². The van der Waals surface area contributed by atoms with E-state index in [-0.39, 0.29) is 6.61 Å². The van der Waals surface area contributed by atoms with Gasteiger partial charge in [0.2, 0.25) is 0 Å². The number of aliphatic hydroxyl groups is 1. The highest BCUT2D eigenvalue weighted by atomic mass is 79.9. The van der Waals surface area contributed by atoms with Gasteiger partial charge in [-0.3, -0.25) is 4.57 Å². The molecule has 0 bridgehead atoms. The van der Waals surface area contributed by atoms with Gasteiger partial charge in [-0.05, 0) is 22.0 Å². The van der Waals surface area contributed by atoms with Crippen molar-refractivity contribution in [2.45, 2.75) is 20.0 Å². The third-order valence-electron chi connectivity index (χ3n) is 2.34. The summed E-state index contributed by atoms with van der Waals surface area (Å²) in [7, 11) is 0. The highest BCUT2D eigenvalue weighted by Gasteiger charge is 2.09. The Balaban J connectivity index is 2.55. The van der Waals surface area contributed by atoms with Gasteiger partial charge in [0.15, 0.2) is 0 Å². The van der Waals surface area contributed by atoms with Crippen molar-refractivity contribution in [2.75, 3.05) is 0 Å². The molecular formula is C11H12BrN3O. The number of aromatic nitrogens is 3. The molecule has 2 heterocycles. The minimum Gasteiger partial charge on any atom is -0.392 e. The van der Waals surface area contributed by atoms with Crippen LogP contribution in [0, 0.1) is 0 Å². The molecule has 0 aliphatic rings. The van der Waals surface area contributed by atoms with Crippen LogP contribution in [-0.2, 0) is 13.0 Å². The van der Waals surface area contributed by atoms with Crippen LogP contribution < -0.4 is 0 Å². The van der Waals surface area contributed by atoms with Crippen LogP contribution in [0.15, 0.2) is 29.1 Å². The van der Waals surface area contributed by atoms with E-state index in [1.165, 1.54) is 0 Å². The fourth-order valence-electron chi connectivity index (χ4n) is 1.60. The van der Waals surface area contributed by atoms with Crippen molar-refractivity contribution in [3.8, 4) is 5.82 Å². The van der Waals surface area contributed by atoms with Crippen LogP contribution in [0.5, 0.6) is 0 Å².